The fraction of sp³-hybridized carbons (Fsp3) is 0.100. The van der Waals surface area contributed by atoms with Crippen molar-refractivity contribution in [1.82, 2.24) is 4.98 Å². The Morgan fingerprint density at radius 1 is 1.00 bits per heavy atom. The predicted molar refractivity (Wildman–Crippen MR) is 98.1 cm³/mol. The summed E-state index contributed by atoms with van der Waals surface area (Å²) in [4.78, 5) is 15.4. The maximum Gasteiger partial charge on any atom is 0.371 e. The largest absolute Gasteiger partial charge is 0.493 e. The Morgan fingerprint density at radius 2 is 1.78 bits per heavy atom. The molecule has 4 rings (SSSR count). The number of fused-ring (bicyclic) bond motifs is 2. The quantitative estimate of drug-likeness (QED) is 0.557. The summed E-state index contributed by atoms with van der Waals surface area (Å²) in [6.07, 6.45) is 1.64. The Kier molecular flexibility index (Phi) is 4.04. The van der Waals surface area contributed by atoms with Gasteiger partial charge >= 0.3 is 5.97 Å². The van der Waals surface area contributed by atoms with E-state index in [0.29, 0.717) is 39.5 Å². The van der Waals surface area contributed by atoms with Crippen LogP contribution in [0.25, 0.3) is 21.9 Å². The van der Waals surface area contributed by atoms with Crippen molar-refractivity contribution in [2.45, 2.75) is 0 Å². The van der Waals surface area contributed by atoms with E-state index in [2.05, 4.69) is 4.98 Å². The van der Waals surface area contributed by atoms with Gasteiger partial charge in [-0.25, -0.2) is 4.79 Å². The highest BCUT2D eigenvalue weighted by molar-refractivity contribution is 5.92. The number of aromatic carboxylic acids is 1. The lowest BCUT2D eigenvalue weighted by Gasteiger charge is -2.12. The number of methoxy groups -OCH3 is 2. The lowest BCUT2D eigenvalue weighted by Crippen LogP contribution is -1.93. The van der Waals surface area contributed by atoms with E-state index in [9.17, 15) is 4.79 Å². The van der Waals surface area contributed by atoms with Gasteiger partial charge in [-0.1, -0.05) is 0 Å². The zero-order valence-corrected chi connectivity index (χ0v) is 14.6. The minimum absolute atomic E-state index is 0.117. The molecule has 0 radical (unpaired) electrons. The van der Waals surface area contributed by atoms with Gasteiger partial charge in [0.2, 0.25) is 5.76 Å². The molecule has 0 aliphatic rings. The van der Waals surface area contributed by atoms with Crippen LogP contribution < -0.4 is 14.2 Å². The zero-order valence-electron chi connectivity index (χ0n) is 14.6. The maximum absolute atomic E-state index is 11.1. The second-order valence-electron chi connectivity index (χ2n) is 5.75. The SMILES string of the molecule is COc1cc2nccc(Oc3ccc4oc(C(=O)O)cc4c3)c2cc1OC. The predicted octanol–water partition coefficient (Wildman–Crippen LogP) is 4.49. The van der Waals surface area contributed by atoms with Crippen LogP contribution in [0.15, 0.2) is 53.1 Å². The van der Waals surface area contributed by atoms with Crippen LogP contribution in [0.2, 0.25) is 0 Å². The number of rotatable bonds is 5. The van der Waals surface area contributed by atoms with E-state index in [1.807, 2.05) is 0 Å². The van der Waals surface area contributed by atoms with E-state index >= 15 is 0 Å². The number of hydrogen-bond acceptors (Lipinski definition) is 6. The molecular formula is C20H15NO6. The number of carbonyl (C=O) groups is 1. The topological polar surface area (TPSA) is 91.0 Å². The van der Waals surface area contributed by atoms with E-state index in [-0.39, 0.29) is 5.76 Å². The van der Waals surface area contributed by atoms with Gasteiger partial charge in [0.25, 0.3) is 0 Å². The molecule has 0 saturated carbocycles. The van der Waals surface area contributed by atoms with Crippen LogP contribution in [-0.2, 0) is 0 Å². The molecule has 4 aromatic rings. The normalized spacial score (nSPS) is 10.9. The van der Waals surface area contributed by atoms with Crippen LogP contribution >= 0.6 is 0 Å². The van der Waals surface area contributed by atoms with Gasteiger partial charge in [-0.15, -0.1) is 0 Å². The number of aromatic nitrogens is 1. The first-order valence-corrected chi connectivity index (χ1v) is 8.04. The monoisotopic (exact) mass is 365 g/mol. The highest BCUT2D eigenvalue weighted by atomic mass is 16.5. The van der Waals surface area contributed by atoms with Gasteiger partial charge in [-0.05, 0) is 36.4 Å². The first-order chi connectivity index (χ1) is 13.1. The van der Waals surface area contributed by atoms with Crippen LogP contribution in [0, 0.1) is 0 Å². The third-order valence-electron chi connectivity index (χ3n) is 4.13. The summed E-state index contributed by atoms with van der Waals surface area (Å²) in [5.41, 5.74) is 1.17. The van der Waals surface area contributed by atoms with Crippen molar-refractivity contribution in [2.24, 2.45) is 0 Å². The van der Waals surface area contributed by atoms with E-state index in [4.69, 9.17) is 23.7 Å². The highest BCUT2D eigenvalue weighted by Crippen LogP contribution is 2.37. The van der Waals surface area contributed by atoms with E-state index in [0.717, 1.165) is 5.39 Å². The summed E-state index contributed by atoms with van der Waals surface area (Å²) in [6.45, 7) is 0. The van der Waals surface area contributed by atoms with E-state index in [1.54, 1.807) is 56.8 Å². The fourth-order valence-corrected chi connectivity index (χ4v) is 2.85. The molecule has 7 heteroatoms. The van der Waals surface area contributed by atoms with Crippen molar-refractivity contribution in [1.29, 1.82) is 0 Å². The molecule has 0 atom stereocenters. The lowest BCUT2D eigenvalue weighted by atomic mass is 10.1. The number of carboxylic acids is 1. The summed E-state index contributed by atoms with van der Waals surface area (Å²) in [7, 11) is 3.13. The summed E-state index contributed by atoms with van der Waals surface area (Å²) in [5, 5.41) is 10.4. The Morgan fingerprint density at radius 3 is 2.52 bits per heavy atom. The average molecular weight is 365 g/mol. The van der Waals surface area contributed by atoms with Gasteiger partial charge in [0.05, 0.1) is 19.7 Å². The summed E-state index contributed by atoms with van der Waals surface area (Å²) in [5.74, 6) is 1.04. The third-order valence-corrected chi connectivity index (χ3v) is 4.13. The average Bonchev–Trinajstić information content (AvgIpc) is 3.11. The van der Waals surface area contributed by atoms with Crippen LogP contribution in [0.1, 0.15) is 10.6 Å². The summed E-state index contributed by atoms with van der Waals surface area (Å²) >= 11 is 0. The van der Waals surface area contributed by atoms with Gasteiger partial charge in [0.1, 0.15) is 17.1 Å². The molecule has 2 aromatic heterocycles. The molecular weight excluding hydrogens is 350 g/mol. The van der Waals surface area contributed by atoms with Crippen LogP contribution in [0.3, 0.4) is 0 Å². The molecule has 27 heavy (non-hydrogen) atoms. The first-order valence-electron chi connectivity index (χ1n) is 8.04. The number of benzene rings is 2. The first kappa shape index (κ1) is 16.7. The van der Waals surface area contributed by atoms with Gasteiger partial charge in [-0.2, -0.15) is 0 Å². The van der Waals surface area contributed by atoms with Gasteiger partial charge in [-0.3, -0.25) is 4.98 Å². The smallest absolute Gasteiger partial charge is 0.371 e. The minimum Gasteiger partial charge on any atom is -0.493 e. The molecule has 2 aromatic carbocycles. The van der Waals surface area contributed by atoms with Gasteiger partial charge < -0.3 is 23.7 Å². The van der Waals surface area contributed by atoms with E-state index < -0.39 is 5.97 Å². The molecule has 136 valence electrons. The minimum atomic E-state index is -1.12. The second-order valence-corrected chi connectivity index (χ2v) is 5.75. The summed E-state index contributed by atoms with van der Waals surface area (Å²) in [6, 6.07) is 11.9. The molecule has 0 unspecified atom stereocenters. The Labute approximate surface area is 153 Å². The Balaban J connectivity index is 1.76. The fourth-order valence-electron chi connectivity index (χ4n) is 2.85. The van der Waals surface area contributed by atoms with E-state index in [1.165, 1.54) is 6.07 Å². The molecule has 7 nitrogen and oxygen atoms in total. The Hall–Kier alpha value is -3.74. The third kappa shape index (κ3) is 2.99. The van der Waals surface area contributed by atoms with Crippen LogP contribution in [-0.4, -0.2) is 30.3 Å². The van der Waals surface area contributed by atoms with Gasteiger partial charge in [0.15, 0.2) is 11.5 Å². The zero-order chi connectivity index (χ0) is 19.0. The molecule has 0 bridgehead atoms. The van der Waals surface area contributed by atoms with Crippen molar-refractivity contribution in [2.75, 3.05) is 14.2 Å². The highest BCUT2D eigenvalue weighted by Gasteiger charge is 2.13. The number of pyridine rings is 1. The maximum atomic E-state index is 11.1. The number of nitrogens with zero attached hydrogens (tertiary/aromatic N) is 1. The van der Waals surface area contributed by atoms with Crippen molar-refractivity contribution >= 4 is 27.8 Å². The molecule has 1 N–H and O–H groups in total. The molecule has 0 amide bonds. The molecule has 0 saturated heterocycles. The molecule has 2 heterocycles. The molecule has 0 fully saturated rings. The van der Waals surface area contributed by atoms with Crippen molar-refractivity contribution in [3.63, 3.8) is 0 Å². The number of furan rings is 1. The van der Waals surface area contributed by atoms with Crippen molar-refractivity contribution in [3.05, 3.63) is 54.4 Å². The number of hydrogen-bond donors (Lipinski definition) is 1. The Bertz CT molecular complexity index is 1160. The van der Waals surface area contributed by atoms with Crippen LogP contribution in [0.4, 0.5) is 0 Å². The number of carboxylic acid groups (broad SMARTS) is 1. The molecule has 0 spiro atoms. The van der Waals surface area contributed by atoms with Crippen molar-refractivity contribution < 1.29 is 28.5 Å². The molecule has 0 aliphatic carbocycles. The van der Waals surface area contributed by atoms with Gasteiger partial charge in [0, 0.05) is 23.0 Å². The van der Waals surface area contributed by atoms with Crippen LogP contribution in [0.5, 0.6) is 23.0 Å². The summed E-state index contributed by atoms with van der Waals surface area (Å²) < 4.78 is 21.9. The second kappa shape index (κ2) is 6.53. The van der Waals surface area contributed by atoms with Crippen molar-refractivity contribution in [3.8, 4) is 23.0 Å². The number of ether oxygens (including phenoxy) is 3. The standard InChI is InChI=1S/C20H15NO6/c1-24-17-9-13-14(10-18(17)25-2)21-6-5-16(13)26-12-3-4-15-11(7-12)8-19(27-15)20(22)23/h3-10H,1-2H3,(H,22,23). The lowest BCUT2D eigenvalue weighted by molar-refractivity contribution is 0.0665. The molecule has 0 aliphatic heterocycles.